The Labute approximate surface area is 218 Å². The van der Waals surface area contributed by atoms with Gasteiger partial charge in [-0.1, -0.05) is 43.8 Å². The standard InChI is InChI=1S/C24H32FN5O6S/c1-5-17-22(33)30-20(13(2)3)24(35)36-15(8-6-7-9-37-14(4)31)10-19(32)26-12-18-16(25)11-27-21(28-18)23(34)29-17/h5-6,8,11,13,15,20,24,35H,7,9-10,12H2,1-4H3,(H,26,32)(H,29,34)(H,30,33)/b8-6+,17-5-/t15-,20+,24?/m1/s1. The van der Waals surface area contributed by atoms with Gasteiger partial charge < -0.3 is 25.8 Å². The van der Waals surface area contributed by atoms with Crippen LogP contribution in [-0.4, -0.2) is 62.1 Å². The van der Waals surface area contributed by atoms with Crippen LogP contribution in [0.1, 0.15) is 56.8 Å². The van der Waals surface area contributed by atoms with E-state index < -0.39 is 47.8 Å². The molecule has 13 heteroatoms. The van der Waals surface area contributed by atoms with E-state index in [1.54, 1.807) is 26.0 Å². The molecule has 0 saturated heterocycles. The van der Waals surface area contributed by atoms with E-state index >= 15 is 0 Å². The lowest BCUT2D eigenvalue weighted by molar-refractivity contribution is -0.157. The Morgan fingerprint density at radius 2 is 2.05 bits per heavy atom. The van der Waals surface area contributed by atoms with E-state index in [-0.39, 0.29) is 35.4 Å². The number of thioether (sulfide) groups is 1. The Hall–Kier alpha value is -3.16. The number of nitrogens with zero attached hydrogens (tertiary/aromatic N) is 2. The number of aliphatic hydroxyl groups is 1. The van der Waals surface area contributed by atoms with Crippen LogP contribution in [0.15, 0.2) is 30.1 Å². The van der Waals surface area contributed by atoms with Crippen LogP contribution in [0.4, 0.5) is 4.39 Å². The number of fused-ring (bicyclic) bond motifs is 2. The zero-order chi connectivity index (χ0) is 27.5. The Morgan fingerprint density at radius 1 is 1.32 bits per heavy atom. The predicted octanol–water partition coefficient (Wildman–Crippen LogP) is 1.34. The van der Waals surface area contributed by atoms with Crippen molar-refractivity contribution in [1.82, 2.24) is 25.9 Å². The molecule has 3 amide bonds. The number of aliphatic hydroxyl groups excluding tert-OH is 1. The van der Waals surface area contributed by atoms with Gasteiger partial charge in [0.2, 0.25) is 11.7 Å². The number of amides is 3. The van der Waals surface area contributed by atoms with Crippen molar-refractivity contribution in [2.24, 2.45) is 5.92 Å². The van der Waals surface area contributed by atoms with Crippen LogP contribution in [0.25, 0.3) is 0 Å². The third kappa shape index (κ3) is 9.67. The maximum Gasteiger partial charge on any atom is 0.293 e. The van der Waals surface area contributed by atoms with Gasteiger partial charge in [0.25, 0.3) is 11.8 Å². The summed E-state index contributed by atoms with van der Waals surface area (Å²) in [5, 5.41) is 18.4. The van der Waals surface area contributed by atoms with E-state index in [4.69, 9.17) is 4.74 Å². The molecule has 3 atom stereocenters. The third-order valence-corrected chi connectivity index (χ3v) is 6.07. The average Bonchev–Trinajstić information content (AvgIpc) is 2.83. The number of hydrogen-bond acceptors (Lipinski definition) is 9. The number of allylic oxidation sites excluding steroid dienone is 2. The summed E-state index contributed by atoms with van der Waals surface area (Å²) in [5.41, 5.74) is -0.349. The van der Waals surface area contributed by atoms with Crippen molar-refractivity contribution >= 4 is 34.6 Å². The smallest absolute Gasteiger partial charge is 0.293 e. The molecule has 37 heavy (non-hydrogen) atoms. The van der Waals surface area contributed by atoms with Crippen LogP contribution in [0.2, 0.25) is 0 Å². The van der Waals surface area contributed by atoms with Gasteiger partial charge in [-0.25, -0.2) is 14.4 Å². The number of rotatable bonds is 5. The second kappa shape index (κ2) is 14.5. The van der Waals surface area contributed by atoms with Gasteiger partial charge in [0.1, 0.15) is 5.70 Å². The zero-order valence-electron chi connectivity index (χ0n) is 21.1. The molecule has 2 rings (SSSR count). The monoisotopic (exact) mass is 537 g/mol. The van der Waals surface area contributed by atoms with Crippen LogP contribution < -0.4 is 16.0 Å². The molecule has 1 unspecified atom stereocenters. The Morgan fingerprint density at radius 3 is 2.70 bits per heavy atom. The first-order valence-corrected chi connectivity index (χ1v) is 12.7. The molecule has 1 aromatic heterocycles. The van der Waals surface area contributed by atoms with Crippen molar-refractivity contribution in [2.75, 3.05) is 5.75 Å². The first kappa shape index (κ1) is 30.1. The molecule has 0 aliphatic carbocycles. The molecular weight excluding hydrogens is 505 g/mol. The van der Waals surface area contributed by atoms with E-state index in [1.807, 2.05) is 0 Å². The van der Waals surface area contributed by atoms with Crippen molar-refractivity contribution in [3.63, 3.8) is 0 Å². The number of carbonyl (C=O) groups is 4. The van der Waals surface area contributed by atoms with Gasteiger partial charge in [-0.3, -0.25) is 19.2 Å². The minimum atomic E-state index is -1.51. The van der Waals surface area contributed by atoms with Crippen LogP contribution in [0, 0.1) is 11.7 Å². The molecule has 11 nitrogen and oxygen atoms in total. The summed E-state index contributed by atoms with van der Waals surface area (Å²) in [6.45, 7) is 6.19. The summed E-state index contributed by atoms with van der Waals surface area (Å²) in [7, 11) is 0. The van der Waals surface area contributed by atoms with Crippen molar-refractivity contribution in [3.05, 3.63) is 47.5 Å². The topological polar surface area (TPSA) is 160 Å². The summed E-state index contributed by atoms with van der Waals surface area (Å²) < 4.78 is 20.0. The number of ether oxygens (including phenoxy) is 1. The molecule has 4 N–H and O–H groups in total. The van der Waals surface area contributed by atoms with E-state index in [0.717, 1.165) is 18.0 Å². The van der Waals surface area contributed by atoms with Gasteiger partial charge >= 0.3 is 0 Å². The number of carbonyl (C=O) groups excluding carboxylic acids is 4. The highest BCUT2D eigenvalue weighted by molar-refractivity contribution is 8.13. The minimum Gasteiger partial charge on any atom is -0.366 e. The van der Waals surface area contributed by atoms with Gasteiger partial charge in [0.15, 0.2) is 17.2 Å². The van der Waals surface area contributed by atoms with E-state index in [0.29, 0.717) is 12.2 Å². The molecule has 0 saturated carbocycles. The fraction of sp³-hybridized carbons (Fsp3) is 0.500. The first-order valence-electron chi connectivity index (χ1n) is 11.7. The molecule has 0 spiro atoms. The Bertz CT molecular complexity index is 1060. The van der Waals surface area contributed by atoms with Crippen LogP contribution in [0.3, 0.4) is 0 Å². The third-order valence-electron chi connectivity index (χ3n) is 5.22. The number of nitrogens with one attached hydrogen (secondary N) is 3. The number of halogens is 1. The zero-order valence-corrected chi connectivity index (χ0v) is 21.9. The molecule has 2 bridgehead atoms. The minimum absolute atomic E-state index is 0.0172. The van der Waals surface area contributed by atoms with Crippen molar-refractivity contribution in [3.8, 4) is 0 Å². The molecule has 0 radical (unpaired) electrons. The summed E-state index contributed by atoms with van der Waals surface area (Å²) >= 11 is 1.16. The Kier molecular flexibility index (Phi) is 11.8. The highest BCUT2D eigenvalue weighted by Crippen LogP contribution is 2.15. The van der Waals surface area contributed by atoms with Gasteiger partial charge in [-0.2, -0.15) is 0 Å². The van der Waals surface area contributed by atoms with E-state index in [1.165, 1.54) is 19.9 Å². The van der Waals surface area contributed by atoms with Gasteiger partial charge in [-0.15, -0.1) is 0 Å². The van der Waals surface area contributed by atoms with Crippen molar-refractivity contribution in [1.29, 1.82) is 0 Å². The lowest BCUT2D eigenvalue weighted by atomic mass is 10.0. The molecule has 202 valence electrons. The maximum absolute atomic E-state index is 14.2. The average molecular weight is 538 g/mol. The Balaban J connectivity index is 2.37. The normalized spacial score (nSPS) is 23.2. The molecule has 2 heterocycles. The quantitative estimate of drug-likeness (QED) is 0.247. The fourth-order valence-electron chi connectivity index (χ4n) is 3.25. The summed E-state index contributed by atoms with van der Waals surface area (Å²) in [5.74, 6) is -3.06. The maximum atomic E-state index is 14.2. The highest BCUT2D eigenvalue weighted by Gasteiger charge is 2.30. The van der Waals surface area contributed by atoms with Gasteiger partial charge in [0.05, 0.1) is 37.0 Å². The molecular formula is C24H32FN5O6S. The fourth-order valence-corrected chi connectivity index (χ4v) is 3.79. The van der Waals surface area contributed by atoms with Gasteiger partial charge in [0, 0.05) is 12.7 Å². The van der Waals surface area contributed by atoms with Crippen LogP contribution in [0.5, 0.6) is 0 Å². The molecule has 1 aromatic rings. The molecule has 1 aliphatic heterocycles. The molecule has 0 fully saturated rings. The van der Waals surface area contributed by atoms with Gasteiger partial charge in [-0.05, 0) is 19.3 Å². The van der Waals surface area contributed by atoms with Crippen molar-refractivity contribution < 1.29 is 33.4 Å². The second-order valence-corrected chi connectivity index (χ2v) is 9.76. The van der Waals surface area contributed by atoms with E-state index in [2.05, 4.69) is 25.9 Å². The molecule has 1 aliphatic rings. The lowest BCUT2D eigenvalue weighted by Crippen LogP contribution is -2.51. The van der Waals surface area contributed by atoms with Crippen molar-refractivity contribution in [2.45, 2.75) is 65.5 Å². The van der Waals surface area contributed by atoms with Crippen LogP contribution in [-0.2, 0) is 25.7 Å². The number of aromatic nitrogens is 2. The summed E-state index contributed by atoms with van der Waals surface area (Å²) in [6, 6.07) is -0.895. The lowest BCUT2D eigenvalue weighted by Gasteiger charge is -2.30. The summed E-state index contributed by atoms with van der Waals surface area (Å²) in [6.07, 6.45) is 3.37. The SMILES string of the molecule is C/C=C1\NC(=O)c2ncc(F)c(n2)CNC(=O)C[C@@H](/C=C/CCSC(C)=O)OC(O)[C@H](C(C)C)NC1=O. The van der Waals surface area contributed by atoms with Crippen LogP contribution >= 0.6 is 11.8 Å². The second-order valence-electron chi connectivity index (χ2n) is 8.49. The number of hydrogen-bond donors (Lipinski definition) is 4. The summed E-state index contributed by atoms with van der Waals surface area (Å²) in [4.78, 5) is 56.8. The van der Waals surface area contributed by atoms with E-state index in [9.17, 15) is 28.7 Å². The highest BCUT2D eigenvalue weighted by atomic mass is 32.2. The molecule has 0 aromatic carbocycles. The first-order chi connectivity index (χ1) is 17.5. The largest absolute Gasteiger partial charge is 0.366 e. The predicted molar refractivity (Wildman–Crippen MR) is 134 cm³/mol.